The maximum Gasteiger partial charge on any atom is 0.162 e. The molecular weight excluding hydrogens is 327 g/mol. The summed E-state index contributed by atoms with van der Waals surface area (Å²) in [4.78, 5) is 5.55. The van der Waals surface area contributed by atoms with E-state index >= 15 is 0 Å². The molecular formula is C17H15FN4OS. The van der Waals surface area contributed by atoms with E-state index in [0.29, 0.717) is 17.7 Å². The lowest BCUT2D eigenvalue weighted by atomic mass is 10.0. The van der Waals surface area contributed by atoms with Crippen LogP contribution in [0.4, 0.5) is 4.39 Å². The van der Waals surface area contributed by atoms with Crippen LogP contribution in [0.3, 0.4) is 0 Å². The first kappa shape index (κ1) is 16.3. The summed E-state index contributed by atoms with van der Waals surface area (Å²) >= 11 is 1.54. The average molecular weight is 342 g/mol. The molecule has 5 nitrogen and oxygen atoms in total. The van der Waals surface area contributed by atoms with Crippen molar-refractivity contribution in [2.24, 2.45) is 7.05 Å². The Bertz CT molecular complexity index is 939. The SMILES string of the molecule is Cc1nc(-c2ccc(F)cc2CO)c(Cc2cc(C#N)nn2C)s1. The summed E-state index contributed by atoms with van der Waals surface area (Å²) < 4.78 is 15.1. The molecule has 0 amide bonds. The molecule has 7 heteroatoms. The van der Waals surface area contributed by atoms with Crippen molar-refractivity contribution in [3.05, 3.63) is 56.9 Å². The first-order valence-corrected chi connectivity index (χ1v) is 8.12. The van der Waals surface area contributed by atoms with Gasteiger partial charge in [-0.2, -0.15) is 10.4 Å². The highest BCUT2D eigenvalue weighted by molar-refractivity contribution is 7.12. The molecule has 2 aromatic heterocycles. The van der Waals surface area contributed by atoms with Crippen LogP contribution in [0.2, 0.25) is 0 Å². The molecule has 0 radical (unpaired) electrons. The van der Waals surface area contributed by atoms with Crippen LogP contribution in [-0.2, 0) is 20.1 Å². The normalized spacial score (nSPS) is 10.8. The third kappa shape index (κ3) is 3.07. The van der Waals surface area contributed by atoms with E-state index in [0.717, 1.165) is 26.8 Å². The molecule has 0 saturated heterocycles. The Balaban J connectivity index is 2.05. The van der Waals surface area contributed by atoms with Gasteiger partial charge >= 0.3 is 0 Å². The van der Waals surface area contributed by atoms with E-state index in [1.165, 1.54) is 12.1 Å². The maximum absolute atomic E-state index is 13.4. The van der Waals surface area contributed by atoms with Crippen molar-refractivity contribution in [1.82, 2.24) is 14.8 Å². The predicted molar refractivity (Wildman–Crippen MR) is 88.9 cm³/mol. The van der Waals surface area contributed by atoms with E-state index in [2.05, 4.69) is 10.1 Å². The third-order valence-electron chi connectivity index (χ3n) is 3.73. The molecule has 2 heterocycles. The highest BCUT2D eigenvalue weighted by Gasteiger charge is 2.17. The standard InChI is InChI=1S/C17H15FN4OS/c1-10-20-17(15-4-3-12(18)5-11(15)9-23)16(24-10)7-14-6-13(8-19)21-22(14)2/h3-6,23H,7,9H2,1-2H3. The molecule has 0 unspecified atom stereocenters. The lowest BCUT2D eigenvalue weighted by Gasteiger charge is -2.08. The van der Waals surface area contributed by atoms with Crippen LogP contribution < -0.4 is 0 Å². The molecule has 0 aliphatic rings. The molecule has 0 atom stereocenters. The van der Waals surface area contributed by atoms with E-state index in [4.69, 9.17) is 5.26 Å². The second-order valence-electron chi connectivity index (χ2n) is 5.40. The number of nitriles is 1. The molecule has 24 heavy (non-hydrogen) atoms. The summed E-state index contributed by atoms with van der Waals surface area (Å²) in [5.74, 6) is -0.387. The fourth-order valence-corrected chi connectivity index (χ4v) is 3.58. The molecule has 3 rings (SSSR count). The topological polar surface area (TPSA) is 74.7 Å². The Kier molecular flexibility index (Phi) is 4.42. The van der Waals surface area contributed by atoms with Crippen LogP contribution in [-0.4, -0.2) is 19.9 Å². The van der Waals surface area contributed by atoms with Gasteiger partial charge in [0.1, 0.15) is 11.9 Å². The van der Waals surface area contributed by atoms with Gasteiger partial charge in [0.25, 0.3) is 0 Å². The zero-order valence-electron chi connectivity index (χ0n) is 13.2. The number of aryl methyl sites for hydroxylation is 2. The van der Waals surface area contributed by atoms with Gasteiger partial charge in [-0.3, -0.25) is 4.68 Å². The molecule has 0 aliphatic carbocycles. The predicted octanol–water partition coefficient (Wildman–Crippen LogP) is 2.95. The number of aliphatic hydroxyl groups is 1. The Hall–Kier alpha value is -2.56. The fourth-order valence-electron chi connectivity index (χ4n) is 2.61. The molecule has 0 bridgehead atoms. The highest BCUT2D eigenvalue weighted by atomic mass is 32.1. The van der Waals surface area contributed by atoms with Gasteiger partial charge in [0.2, 0.25) is 0 Å². The van der Waals surface area contributed by atoms with E-state index in [1.807, 2.05) is 13.0 Å². The molecule has 0 aliphatic heterocycles. The molecule has 122 valence electrons. The smallest absolute Gasteiger partial charge is 0.162 e. The van der Waals surface area contributed by atoms with E-state index in [9.17, 15) is 9.50 Å². The van der Waals surface area contributed by atoms with Gasteiger partial charge in [-0.15, -0.1) is 11.3 Å². The number of aromatic nitrogens is 3. The summed E-state index contributed by atoms with van der Waals surface area (Å²) in [5, 5.41) is 23.5. The third-order valence-corrected chi connectivity index (χ3v) is 4.70. The lowest BCUT2D eigenvalue weighted by Crippen LogP contribution is -2.00. The first-order valence-electron chi connectivity index (χ1n) is 7.30. The summed E-state index contributed by atoms with van der Waals surface area (Å²) in [6, 6.07) is 8.11. The summed E-state index contributed by atoms with van der Waals surface area (Å²) in [5.41, 5.74) is 3.23. The van der Waals surface area contributed by atoms with E-state index in [-0.39, 0.29) is 12.4 Å². The molecule has 1 N–H and O–H groups in total. The minimum Gasteiger partial charge on any atom is -0.392 e. The van der Waals surface area contributed by atoms with Crippen molar-refractivity contribution in [1.29, 1.82) is 5.26 Å². The van der Waals surface area contributed by atoms with Crippen LogP contribution >= 0.6 is 11.3 Å². The van der Waals surface area contributed by atoms with Gasteiger partial charge in [-0.1, -0.05) is 0 Å². The fraction of sp³-hybridized carbons (Fsp3) is 0.235. The molecule has 1 aromatic carbocycles. The first-order chi connectivity index (χ1) is 11.5. The number of hydrogen-bond acceptors (Lipinski definition) is 5. The Morgan fingerprint density at radius 3 is 2.83 bits per heavy atom. The Morgan fingerprint density at radius 1 is 1.38 bits per heavy atom. The summed E-state index contributed by atoms with van der Waals surface area (Å²) in [6.07, 6.45) is 0.564. The Labute approximate surface area is 142 Å². The van der Waals surface area contributed by atoms with Crippen LogP contribution in [0.15, 0.2) is 24.3 Å². The summed E-state index contributed by atoms with van der Waals surface area (Å²) in [7, 11) is 1.79. The number of hydrogen-bond donors (Lipinski definition) is 1. The molecule has 0 spiro atoms. The number of nitrogens with zero attached hydrogens (tertiary/aromatic N) is 4. The number of aliphatic hydroxyl groups excluding tert-OH is 1. The summed E-state index contributed by atoms with van der Waals surface area (Å²) in [6.45, 7) is 1.65. The average Bonchev–Trinajstić information content (AvgIpc) is 3.10. The minimum atomic E-state index is -0.387. The van der Waals surface area contributed by atoms with Crippen LogP contribution in [0.5, 0.6) is 0 Å². The number of rotatable bonds is 4. The number of halogens is 1. The van der Waals surface area contributed by atoms with Crippen molar-refractivity contribution in [3.63, 3.8) is 0 Å². The van der Waals surface area contributed by atoms with Gasteiger partial charge in [-0.05, 0) is 36.8 Å². The largest absolute Gasteiger partial charge is 0.392 e. The number of thiazole rings is 1. The van der Waals surface area contributed by atoms with Crippen molar-refractivity contribution in [2.45, 2.75) is 20.0 Å². The maximum atomic E-state index is 13.4. The second-order valence-corrected chi connectivity index (χ2v) is 6.69. The van der Waals surface area contributed by atoms with Crippen molar-refractivity contribution in [3.8, 4) is 17.3 Å². The molecule has 3 aromatic rings. The van der Waals surface area contributed by atoms with Crippen LogP contribution in [0, 0.1) is 24.1 Å². The second kappa shape index (κ2) is 6.51. The number of benzene rings is 1. The molecule has 0 saturated carbocycles. The zero-order chi connectivity index (χ0) is 17.3. The Morgan fingerprint density at radius 2 is 2.17 bits per heavy atom. The van der Waals surface area contributed by atoms with Crippen molar-refractivity contribution < 1.29 is 9.50 Å². The lowest BCUT2D eigenvalue weighted by molar-refractivity contribution is 0.281. The van der Waals surface area contributed by atoms with E-state index < -0.39 is 0 Å². The minimum absolute atomic E-state index is 0.257. The zero-order valence-corrected chi connectivity index (χ0v) is 14.1. The molecule has 0 fully saturated rings. The quantitative estimate of drug-likeness (QED) is 0.791. The van der Waals surface area contributed by atoms with Gasteiger partial charge < -0.3 is 5.11 Å². The van der Waals surface area contributed by atoms with E-state index in [1.54, 1.807) is 35.2 Å². The van der Waals surface area contributed by atoms with Crippen LogP contribution in [0.25, 0.3) is 11.3 Å². The highest BCUT2D eigenvalue weighted by Crippen LogP contribution is 2.32. The monoisotopic (exact) mass is 342 g/mol. The van der Waals surface area contributed by atoms with Gasteiger partial charge in [0, 0.05) is 29.6 Å². The van der Waals surface area contributed by atoms with Crippen molar-refractivity contribution >= 4 is 11.3 Å². The van der Waals surface area contributed by atoms with Crippen molar-refractivity contribution in [2.75, 3.05) is 0 Å². The van der Waals surface area contributed by atoms with Gasteiger partial charge in [0.05, 0.1) is 17.3 Å². The van der Waals surface area contributed by atoms with Gasteiger partial charge in [0.15, 0.2) is 5.69 Å². The van der Waals surface area contributed by atoms with Gasteiger partial charge in [-0.25, -0.2) is 9.37 Å². The van der Waals surface area contributed by atoms with Crippen LogP contribution in [0.1, 0.15) is 26.8 Å².